The van der Waals surface area contributed by atoms with Crippen molar-refractivity contribution in [1.82, 2.24) is 5.39 Å². The lowest BCUT2D eigenvalue weighted by Crippen LogP contribution is -2.32. The smallest absolute Gasteiger partial charge is 0.300 e. The highest BCUT2D eigenvalue weighted by Crippen LogP contribution is 2.01. The zero-order valence-electron chi connectivity index (χ0n) is 9.52. The van der Waals surface area contributed by atoms with Crippen molar-refractivity contribution < 1.29 is 28.9 Å². The van der Waals surface area contributed by atoms with Crippen molar-refractivity contribution in [2.45, 2.75) is 40.0 Å². The average molecular weight is 247 g/mol. The van der Waals surface area contributed by atoms with Crippen LogP contribution in [0.3, 0.4) is 0 Å². The predicted molar refractivity (Wildman–Crippen MR) is 60.9 cm³/mol. The fraction of sp³-hybridized carbons (Fsp3) is 0.667. The zero-order valence-corrected chi connectivity index (χ0v) is 9.52. The Hall–Kier alpha value is -1.57. The summed E-state index contributed by atoms with van der Waals surface area (Å²) >= 11 is 0. The summed E-state index contributed by atoms with van der Waals surface area (Å²) in [6.07, 6.45) is 0.178. The number of carbonyl (C=O) groups excluding carboxylic acids is 3. The Morgan fingerprint density at radius 2 is 1.00 bits per heavy atom. The van der Waals surface area contributed by atoms with Crippen LogP contribution in [-0.4, -0.2) is 31.7 Å². The molecule has 0 aromatic carbocycles. The molecule has 0 aromatic heterocycles. The fourth-order valence-corrected chi connectivity index (χ4v) is 0.499. The summed E-state index contributed by atoms with van der Waals surface area (Å²) < 4.78 is 0. The standard InChI is InChI=1S/C9H15NO6.BH3/c1-4-7(11)14-10(15-8(12)5-2)16-9(13)6-3;/h4-6H2,1-3H3;1H3. The van der Waals surface area contributed by atoms with Crippen LogP contribution in [0.15, 0.2) is 0 Å². The Morgan fingerprint density at radius 3 is 1.18 bits per heavy atom. The van der Waals surface area contributed by atoms with E-state index in [1.807, 2.05) is 0 Å². The van der Waals surface area contributed by atoms with Crippen LogP contribution in [0.2, 0.25) is 0 Å². The maximum atomic E-state index is 10.9. The van der Waals surface area contributed by atoms with Gasteiger partial charge in [0, 0.05) is 19.3 Å². The first kappa shape index (κ1) is 17.8. The van der Waals surface area contributed by atoms with Gasteiger partial charge in [0.15, 0.2) is 0 Å². The van der Waals surface area contributed by atoms with Gasteiger partial charge in [0.2, 0.25) is 5.39 Å². The average Bonchev–Trinajstić information content (AvgIpc) is 2.28. The normalized spacial score (nSPS) is 9.18. The van der Waals surface area contributed by atoms with Gasteiger partial charge in [-0.3, -0.25) is 14.4 Å². The predicted octanol–water partition coefficient (Wildman–Crippen LogP) is -0.291. The summed E-state index contributed by atoms with van der Waals surface area (Å²) in [6.45, 7) is 4.64. The molecule has 0 aliphatic heterocycles. The molecule has 17 heavy (non-hydrogen) atoms. The van der Waals surface area contributed by atoms with Crippen LogP contribution in [0.25, 0.3) is 0 Å². The Bertz CT molecular complexity index is 227. The Morgan fingerprint density at radius 1 is 0.765 bits per heavy atom. The van der Waals surface area contributed by atoms with E-state index in [-0.39, 0.29) is 33.1 Å². The van der Waals surface area contributed by atoms with E-state index in [2.05, 4.69) is 14.5 Å². The highest BCUT2D eigenvalue weighted by Gasteiger charge is 2.20. The van der Waals surface area contributed by atoms with Crippen LogP contribution >= 0.6 is 0 Å². The van der Waals surface area contributed by atoms with E-state index in [9.17, 15) is 14.4 Å². The van der Waals surface area contributed by atoms with Crippen molar-refractivity contribution in [3.05, 3.63) is 0 Å². The van der Waals surface area contributed by atoms with Crippen LogP contribution < -0.4 is 0 Å². The van der Waals surface area contributed by atoms with Gasteiger partial charge in [0.25, 0.3) is 0 Å². The van der Waals surface area contributed by atoms with Gasteiger partial charge < -0.3 is 14.5 Å². The van der Waals surface area contributed by atoms with Crippen molar-refractivity contribution in [2.24, 2.45) is 0 Å². The maximum Gasteiger partial charge on any atom is 0.332 e. The molecule has 0 rings (SSSR count). The molecule has 0 aromatic rings. The lowest BCUT2D eigenvalue weighted by Gasteiger charge is -2.16. The Labute approximate surface area is 101 Å². The van der Waals surface area contributed by atoms with Crippen molar-refractivity contribution in [1.29, 1.82) is 0 Å². The van der Waals surface area contributed by atoms with E-state index in [1.165, 1.54) is 0 Å². The van der Waals surface area contributed by atoms with Gasteiger partial charge in [-0.25, -0.2) is 0 Å². The topological polar surface area (TPSA) is 82.1 Å². The zero-order chi connectivity index (χ0) is 12.6. The third-order valence-electron chi connectivity index (χ3n) is 1.40. The van der Waals surface area contributed by atoms with Crippen molar-refractivity contribution in [3.8, 4) is 0 Å². The summed E-state index contributed by atoms with van der Waals surface area (Å²) in [5, 5.41) is 0.142. The Kier molecular flexibility index (Phi) is 10.1. The third-order valence-corrected chi connectivity index (χ3v) is 1.40. The van der Waals surface area contributed by atoms with Crippen molar-refractivity contribution in [2.75, 3.05) is 0 Å². The second-order valence-corrected chi connectivity index (χ2v) is 2.67. The monoisotopic (exact) mass is 247 g/mol. The minimum absolute atomic E-state index is 0. The molecule has 0 atom stereocenters. The summed E-state index contributed by atoms with van der Waals surface area (Å²) in [5.74, 6) is -2.06. The molecule has 8 heteroatoms. The molecule has 0 radical (unpaired) electrons. The molecule has 0 spiro atoms. The molecule has 0 unspecified atom stereocenters. The van der Waals surface area contributed by atoms with E-state index < -0.39 is 17.9 Å². The maximum absolute atomic E-state index is 10.9. The van der Waals surface area contributed by atoms with Crippen LogP contribution in [0.4, 0.5) is 0 Å². The highest BCUT2D eigenvalue weighted by atomic mass is 17.2. The lowest BCUT2D eigenvalue weighted by atomic mass is 10.5. The molecule has 0 saturated carbocycles. The van der Waals surface area contributed by atoms with E-state index in [4.69, 9.17) is 0 Å². The minimum atomic E-state index is -0.687. The van der Waals surface area contributed by atoms with Gasteiger partial charge in [-0.05, 0) is 0 Å². The van der Waals surface area contributed by atoms with Gasteiger partial charge >= 0.3 is 17.9 Å². The molecule has 0 saturated heterocycles. The largest absolute Gasteiger partial charge is 0.332 e. The first-order valence-electron chi connectivity index (χ1n) is 4.95. The van der Waals surface area contributed by atoms with Crippen molar-refractivity contribution >= 4 is 26.3 Å². The van der Waals surface area contributed by atoms with Crippen LogP contribution in [-0.2, 0) is 28.9 Å². The molecular formula is C9H18BNO6. The summed E-state index contributed by atoms with van der Waals surface area (Å²) in [4.78, 5) is 46.1. The quantitative estimate of drug-likeness (QED) is 0.471. The molecule has 0 amide bonds. The van der Waals surface area contributed by atoms with Crippen LogP contribution in [0.5, 0.6) is 0 Å². The van der Waals surface area contributed by atoms with Gasteiger partial charge in [-0.1, -0.05) is 20.8 Å². The third kappa shape index (κ3) is 8.26. The van der Waals surface area contributed by atoms with Crippen molar-refractivity contribution in [3.63, 3.8) is 0 Å². The molecule has 0 bridgehead atoms. The van der Waals surface area contributed by atoms with E-state index in [0.29, 0.717) is 0 Å². The first-order valence-corrected chi connectivity index (χ1v) is 4.95. The number of hydrogen-bond donors (Lipinski definition) is 0. The second-order valence-electron chi connectivity index (χ2n) is 2.67. The minimum Gasteiger partial charge on any atom is -0.300 e. The molecule has 0 heterocycles. The summed E-state index contributed by atoms with van der Waals surface area (Å²) in [7, 11) is 0. The van der Waals surface area contributed by atoms with E-state index >= 15 is 0 Å². The number of rotatable bonds is 6. The highest BCUT2D eigenvalue weighted by molar-refractivity contribution is 5.75. The SMILES string of the molecule is B.CCC(=O)ON(OC(=O)CC)OC(=O)CC. The van der Waals surface area contributed by atoms with Gasteiger partial charge in [-0.2, -0.15) is 0 Å². The van der Waals surface area contributed by atoms with Crippen LogP contribution in [0.1, 0.15) is 40.0 Å². The van der Waals surface area contributed by atoms with E-state index in [1.54, 1.807) is 20.8 Å². The lowest BCUT2D eigenvalue weighted by molar-refractivity contribution is -0.464. The molecule has 0 aliphatic carbocycles. The number of nitrogens with zero attached hydrogens (tertiary/aromatic N) is 1. The molecule has 7 nitrogen and oxygen atoms in total. The fourth-order valence-electron chi connectivity index (χ4n) is 0.499. The summed E-state index contributed by atoms with van der Waals surface area (Å²) in [6, 6.07) is 0. The Balaban J connectivity index is 0. The first-order chi connectivity index (χ1) is 7.53. The molecule has 98 valence electrons. The van der Waals surface area contributed by atoms with Gasteiger partial charge in [-0.15, -0.1) is 0 Å². The molecule has 0 aliphatic rings. The van der Waals surface area contributed by atoms with E-state index in [0.717, 1.165) is 0 Å². The molecular weight excluding hydrogens is 229 g/mol. The number of hydrogen-bond acceptors (Lipinski definition) is 7. The summed E-state index contributed by atoms with van der Waals surface area (Å²) in [5.41, 5.74) is 0. The molecule has 0 N–H and O–H groups in total. The molecule has 0 fully saturated rings. The van der Waals surface area contributed by atoms with Gasteiger partial charge in [0.05, 0.1) is 8.41 Å². The van der Waals surface area contributed by atoms with Crippen LogP contribution in [0, 0.1) is 0 Å². The van der Waals surface area contributed by atoms with Gasteiger partial charge in [0.1, 0.15) is 0 Å². The second kappa shape index (κ2) is 9.65. The number of carbonyl (C=O) groups is 3.